The van der Waals surface area contributed by atoms with Crippen LogP contribution in [0.2, 0.25) is 0 Å². The summed E-state index contributed by atoms with van der Waals surface area (Å²) >= 11 is 0. The maximum atomic E-state index is 14.4. The zero-order chi connectivity index (χ0) is 18.4. The Morgan fingerprint density at radius 2 is 1.88 bits per heavy atom. The van der Waals surface area contributed by atoms with Gasteiger partial charge in [-0.1, -0.05) is 38.0 Å². The van der Waals surface area contributed by atoms with Crippen LogP contribution in [0.3, 0.4) is 0 Å². The second kappa shape index (κ2) is 8.80. The van der Waals surface area contributed by atoms with Gasteiger partial charge in [0.05, 0.1) is 0 Å². The van der Waals surface area contributed by atoms with Gasteiger partial charge in [0.15, 0.2) is 0 Å². The molecule has 0 spiro atoms. The molecule has 2 aromatic rings. The average Bonchev–Trinajstić information content (AvgIpc) is 2.54. The van der Waals surface area contributed by atoms with E-state index in [0.717, 1.165) is 42.4 Å². The molecule has 0 radical (unpaired) electrons. The molecule has 0 heterocycles. The lowest BCUT2D eigenvalue weighted by molar-refractivity contribution is 0.0943. The molecule has 0 aromatic heterocycles. The Hall–Kier alpha value is -2.16. The zero-order valence-corrected chi connectivity index (χ0v) is 15.7. The van der Waals surface area contributed by atoms with E-state index in [2.05, 4.69) is 12.2 Å². The lowest BCUT2D eigenvalue weighted by Crippen LogP contribution is -2.30. The van der Waals surface area contributed by atoms with Gasteiger partial charge in [-0.25, -0.2) is 4.39 Å². The molecule has 0 unspecified atom stereocenters. The first-order valence-corrected chi connectivity index (χ1v) is 9.12. The molecular formula is C22H28FNO. The Morgan fingerprint density at radius 3 is 2.52 bits per heavy atom. The van der Waals surface area contributed by atoms with Crippen molar-refractivity contribution < 1.29 is 9.18 Å². The van der Waals surface area contributed by atoms with Gasteiger partial charge in [-0.15, -0.1) is 0 Å². The number of benzene rings is 2. The Bertz CT molecular complexity index is 737. The molecule has 1 amide bonds. The number of aryl methyl sites for hydroxylation is 2. The third-order valence-electron chi connectivity index (χ3n) is 4.18. The van der Waals surface area contributed by atoms with E-state index >= 15 is 0 Å². The molecule has 2 rings (SSSR count). The fourth-order valence-electron chi connectivity index (χ4n) is 2.90. The van der Waals surface area contributed by atoms with Crippen molar-refractivity contribution in [3.05, 3.63) is 58.9 Å². The molecule has 0 fully saturated rings. The largest absolute Gasteiger partial charge is 0.350 e. The predicted octanol–water partition coefficient (Wildman–Crippen LogP) is 5.67. The van der Waals surface area contributed by atoms with Crippen LogP contribution in [0, 0.1) is 12.7 Å². The fourth-order valence-corrected chi connectivity index (χ4v) is 2.90. The highest BCUT2D eigenvalue weighted by Crippen LogP contribution is 2.27. The van der Waals surface area contributed by atoms with Crippen molar-refractivity contribution in [2.45, 2.75) is 59.4 Å². The molecule has 0 aliphatic rings. The lowest BCUT2D eigenvalue weighted by Gasteiger charge is -2.13. The number of nitrogens with one attached hydrogen (secondary N) is 1. The predicted molar refractivity (Wildman–Crippen MR) is 102 cm³/mol. The van der Waals surface area contributed by atoms with Crippen molar-refractivity contribution in [2.75, 3.05) is 0 Å². The summed E-state index contributed by atoms with van der Waals surface area (Å²) < 4.78 is 14.4. The number of hydrogen-bond donors (Lipinski definition) is 1. The van der Waals surface area contributed by atoms with Crippen LogP contribution in [0.1, 0.15) is 61.5 Å². The lowest BCUT2D eigenvalue weighted by atomic mass is 9.96. The standard InChI is InChI=1S/C22H28FNO/c1-5-6-7-8-17-12-18(20-10-9-16(4)11-21(20)23)14-19(13-17)22(25)24-15(2)3/h9-15H,5-8H2,1-4H3,(H,24,25). The third kappa shape index (κ3) is 5.42. The van der Waals surface area contributed by atoms with E-state index in [-0.39, 0.29) is 17.8 Å². The van der Waals surface area contributed by atoms with Crippen molar-refractivity contribution in [1.29, 1.82) is 0 Å². The second-order valence-corrected chi connectivity index (χ2v) is 6.99. The maximum Gasteiger partial charge on any atom is 0.251 e. The van der Waals surface area contributed by atoms with Gasteiger partial charge in [0.2, 0.25) is 0 Å². The first kappa shape index (κ1) is 19.2. The Morgan fingerprint density at radius 1 is 1.12 bits per heavy atom. The van der Waals surface area contributed by atoms with Gasteiger partial charge in [0.25, 0.3) is 5.91 Å². The molecule has 25 heavy (non-hydrogen) atoms. The minimum Gasteiger partial charge on any atom is -0.350 e. The van der Waals surface area contributed by atoms with Crippen LogP contribution in [0.4, 0.5) is 4.39 Å². The van der Waals surface area contributed by atoms with Crippen LogP contribution < -0.4 is 5.32 Å². The topological polar surface area (TPSA) is 29.1 Å². The summed E-state index contributed by atoms with van der Waals surface area (Å²) in [7, 11) is 0. The van der Waals surface area contributed by atoms with E-state index < -0.39 is 0 Å². The second-order valence-electron chi connectivity index (χ2n) is 6.99. The number of amides is 1. The van der Waals surface area contributed by atoms with Crippen molar-refractivity contribution in [3.63, 3.8) is 0 Å². The summed E-state index contributed by atoms with van der Waals surface area (Å²) in [5.41, 5.74) is 3.87. The summed E-state index contributed by atoms with van der Waals surface area (Å²) in [6.45, 7) is 7.91. The molecule has 3 heteroatoms. The van der Waals surface area contributed by atoms with Crippen molar-refractivity contribution in [1.82, 2.24) is 5.32 Å². The smallest absolute Gasteiger partial charge is 0.251 e. The Balaban J connectivity index is 2.43. The molecule has 0 saturated heterocycles. The quantitative estimate of drug-likeness (QED) is 0.646. The van der Waals surface area contributed by atoms with E-state index in [9.17, 15) is 9.18 Å². The number of rotatable bonds is 7. The van der Waals surface area contributed by atoms with Crippen LogP contribution in [-0.4, -0.2) is 11.9 Å². The van der Waals surface area contributed by atoms with Crippen LogP contribution >= 0.6 is 0 Å². The molecule has 0 aliphatic carbocycles. The van der Waals surface area contributed by atoms with Crippen LogP contribution in [0.5, 0.6) is 0 Å². The highest BCUT2D eigenvalue weighted by Gasteiger charge is 2.13. The minimum atomic E-state index is -0.249. The Labute approximate surface area is 150 Å². The van der Waals surface area contributed by atoms with E-state index in [1.165, 1.54) is 6.07 Å². The van der Waals surface area contributed by atoms with E-state index in [4.69, 9.17) is 0 Å². The molecule has 0 saturated carbocycles. The van der Waals surface area contributed by atoms with Gasteiger partial charge in [0.1, 0.15) is 5.82 Å². The van der Waals surface area contributed by atoms with Gasteiger partial charge >= 0.3 is 0 Å². The number of carbonyl (C=O) groups excluding carboxylic acids is 1. The van der Waals surface area contributed by atoms with E-state index in [1.807, 2.05) is 39.0 Å². The molecule has 2 aromatic carbocycles. The fraction of sp³-hybridized carbons (Fsp3) is 0.409. The monoisotopic (exact) mass is 341 g/mol. The highest BCUT2D eigenvalue weighted by molar-refractivity contribution is 5.96. The molecule has 1 N–H and O–H groups in total. The Kier molecular flexibility index (Phi) is 6.74. The van der Waals surface area contributed by atoms with Crippen molar-refractivity contribution in [2.24, 2.45) is 0 Å². The zero-order valence-electron chi connectivity index (χ0n) is 15.7. The van der Waals surface area contributed by atoms with Gasteiger partial charge in [-0.3, -0.25) is 4.79 Å². The minimum absolute atomic E-state index is 0.0656. The van der Waals surface area contributed by atoms with Gasteiger partial charge in [-0.05, 0) is 68.5 Å². The summed E-state index contributed by atoms with van der Waals surface area (Å²) in [6, 6.07) is 11.0. The first-order valence-electron chi connectivity index (χ1n) is 9.12. The summed E-state index contributed by atoms with van der Waals surface area (Å²) in [5.74, 6) is -0.359. The van der Waals surface area contributed by atoms with Gasteiger partial charge in [0, 0.05) is 17.2 Å². The van der Waals surface area contributed by atoms with Gasteiger partial charge < -0.3 is 5.32 Å². The van der Waals surface area contributed by atoms with Crippen LogP contribution in [0.15, 0.2) is 36.4 Å². The summed E-state index contributed by atoms with van der Waals surface area (Å²) in [6.07, 6.45) is 4.27. The summed E-state index contributed by atoms with van der Waals surface area (Å²) in [5, 5.41) is 2.92. The normalized spacial score (nSPS) is 11.0. The third-order valence-corrected chi connectivity index (χ3v) is 4.18. The van der Waals surface area contributed by atoms with Crippen LogP contribution in [-0.2, 0) is 6.42 Å². The molecule has 0 bridgehead atoms. The molecule has 0 aliphatic heterocycles. The molecule has 134 valence electrons. The molecule has 0 atom stereocenters. The van der Waals surface area contributed by atoms with E-state index in [0.29, 0.717) is 11.1 Å². The highest BCUT2D eigenvalue weighted by atomic mass is 19.1. The van der Waals surface area contributed by atoms with Crippen LogP contribution in [0.25, 0.3) is 11.1 Å². The first-order chi connectivity index (χ1) is 11.9. The number of carbonyl (C=O) groups is 1. The number of unbranched alkanes of at least 4 members (excludes halogenated alkanes) is 2. The van der Waals surface area contributed by atoms with Gasteiger partial charge in [-0.2, -0.15) is 0 Å². The number of hydrogen-bond acceptors (Lipinski definition) is 1. The van der Waals surface area contributed by atoms with E-state index in [1.54, 1.807) is 12.1 Å². The van der Waals surface area contributed by atoms with Crippen molar-refractivity contribution >= 4 is 5.91 Å². The van der Waals surface area contributed by atoms with Crippen molar-refractivity contribution in [3.8, 4) is 11.1 Å². The number of halogens is 1. The molecule has 2 nitrogen and oxygen atoms in total. The average molecular weight is 341 g/mol. The SMILES string of the molecule is CCCCCc1cc(C(=O)NC(C)C)cc(-c2ccc(C)cc2F)c1. The molecular weight excluding hydrogens is 313 g/mol. The summed E-state index contributed by atoms with van der Waals surface area (Å²) in [4.78, 5) is 12.5. The maximum absolute atomic E-state index is 14.4.